The molecule has 0 amide bonds. The molecule has 0 aromatic heterocycles. The van der Waals surface area contributed by atoms with Crippen LogP contribution >= 0.6 is 12.2 Å². The van der Waals surface area contributed by atoms with Crippen LogP contribution in [0, 0.1) is 0 Å². The molecule has 38 valence electrons. The summed E-state index contributed by atoms with van der Waals surface area (Å²) in [7, 11) is 1.49. The first-order valence-corrected chi connectivity index (χ1v) is 1.98. The summed E-state index contributed by atoms with van der Waals surface area (Å²) in [6, 6.07) is 0. The topological polar surface area (TPSA) is 23.5 Å². The molecule has 0 aliphatic rings. The van der Waals surface area contributed by atoms with Crippen molar-refractivity contribution in [2.45, 2.75) is 6.92 Å². The zero-order valence-corrected chi connectivity index (χ0v) is 8.29. The van der Waals surface area contributed by atoms with Crippen LogP contribution in [0.4, 0.5) is 0 Å². The minimum absolute atomic E-state index is 0. The Bertz CT molecular complexity index is 66.0. The standard InChI is InChI=1S/C3H7NOS.Zn/c1-3(6)4(2)5;/h5H,1-2H3;. The van der Waals surface area contributed by atoms with E-state index in [1.165, 1.54) is 7.05 Å². The van der Waals surface area contributed by atoms with E-state index >= 15 is 0 Å². The van der Waals surface area contributed by atoms with Gasteiger partial charge in [-0.3, -0.25) is 10.3 Å². The number of hydroxylamine groups is 2. The van der Waals surface area contributed by atoms with Gasteiger partial charge in [-0.25, -0.2) is 0 Å². The van der Waals surface area contributed by atoms with E-state index < -0.39 is 0 Å². The molecule has 0 fully saturated rings. The molecule has 2 nitrogen and oxygen atoms in total. The summed E-state index contributed by atoms with van der Waals surface area (Å²) in [5, 5.41) is 9.22. The van der Waals surface area contributed by atoms with E-state index in [1.54, 1.807) is 6.92 Å². The van der Waals surface area contributed by atoms with Crippen molar-refractivity contribution in [2.24, 2.45) is 0 Å². The molecule has 0 radical (unpaired) electrons. The molecule has 0 aliphatic heterocycles. The first-order chi connectivity index (χ1) is 2.64. The van der Waals surface area contributed by atoms with Gasteiger partial charge in [0.15, 0.2) is 0 Å². The molecular weight excluding hydrogens is 163 g/mol. The SMILES string of the molecule is CC(=S)N(C)O.[Zn]. The average molecular weight is 171 g/mol. The van der Waals surface area contributed by atoms with E-state index in [1.807, 2.05) is 0 Å². The molecule has 0 aromatic rings. The maximum Gasteiger partial charge on any atom is 0.0999 e. The van der Waals surface area contributed by atoms with E-state index in [0.717, 1.165) is 5.06 Å². The average Bonchev–Trinajstić information content (AvgIpc) is 1.36. The normalized spacial score (nSPS) is 6.71. The maximum atomic E-state index is 8.32. The summed E-state index contributed by atoms with van der Waals surface area (Å²) in [4.78, 5) is 0.481. The number of hydrogen-bond donors (Lipinski definition) is 1. The Morgan fingerprint density at radius 1 is 1.71 bits per heavy atom. The van der Waals surface area contributed by atoms with Crippen molar-refractivity contribution < 1.29 is 24.7 Å². The number of nitrogens with zero attached hydrogens (tertiary/aromatic N) is 1. The van der Waals surface area contributed by atoms with Gasteiger partial charge >= 0.3 is 0 Å². The third-order valence-corrected chi connectivity index (χ3v) is 0.720. The van der Waals surface area contributed by atoms with E-state index in [4.69, 9.17) is 5.21 Å². The first-order valence-electron chi connectivity index (χ1n) is 1.57. The Hall–Kier alpha value is 0.473. The summed E-state index contributed by atoms with van der Waals surface area (Å²) in [5.41, 5.74) is 0. The second-order valence-corrected chi connectivity index (χ2v) is 1.63. The van der Waals surface area contributed by atoms with Gasteiger partial charge < -0.3 is 0 Å². The van der Waals surface area contributed by atoms with Crippen molar-refractivity contribution in [3.8, 4) is 0 Å². The van der Waals surface area contributed by atoms with Gasteiger partial charge in [-0.1, -0.05) is 12.2 Å². The van der Waals surface area contributed by atoms with Gasteiger partial charge in [-0.15, -0.1) is 0 Å². The molecule has 0 bridgehead atoms. The van der Waals surface area contributed by atoms with E-state index in [-0.39, 0.29) is 19.5 Å². The van der Waals surface area contributed by atoms with Gasteiger partial charge in [0.25, 0.3) is 0 Å². The molecule has 0 spiro atoms. The fraction of sp³-hybridized carbons (Fsp3) is 0.667. The molecule has 0 heterocycles. The predicted octanol–water partition coefficient (Wildman–Crippen LogP) is 0.652. The molecule has 0 unspecified atom stereocenters. The van der Waals surface area contributed by atoms with Gasteiger partial charge in [0.1, 0.15) is 0 Å². The number of thiocarbonyl (C=S) groups is 1. The van der Waals surface area contributed by atoms with Crippen molar-refractivity contribution in [2.75, 3.05) is 7.05 Å². The first kappa shape index (κ1) is 10.5. The predicted molar refractivity (Wildman–Crippen MR) is 27.8 cm³/mol. The fourth-order valence-corrected chi connectivity index (χ4v) is 0. The summed E-state index contributed by atoms with van der Waals surface area (Å²) < 4.78 is 0. The van der Waals surface area contributed by atoms with Crippen LogP contribution in [0.15, 0.2) is 0 Å². The Morgan fingerprint density at radius 2 is 1.86 bits per heavy atom. The van der Waals surface area contributed by atoms with Crippen molar-refractivity contribution in [1.82, 2.24) is 5.06 Å². The van der Waals surface area contributed by atoms with E-state index in [9.17, 15) is 0 Å². The van der Waals surface area contributed by atoms with Crippen LogP contribution in [0.1, 0.15) is 6.92 Å². The Kier molecular flexibility index (Phi) is 6.91. The van der Waals surface area contributed by atoms with Crippen LogP contribution in [0.2, 0.25) is 0 Å². The second-order valence-electron chi connectivity index (χ2n) is 1.04. The van der Waals surface area contributed by atoms with Crippen LogP contribution in [0.25, 0.3) is 0 Å². The molecule has 0 saturated carbocycles. The number of rotatable bonds is 0. The monoisotopic (exact) mass is 169 g/mol. The van der Waals surface area contributed by atoms with Gasteiger partial charge in [-0.05, 0) is 6.92 Å². The molecule has 4 heteroatoms. The van der Waals surface area contributed by atoms with Crippen molar-refractivity contribution in [3.63, 3.8) is 0 Å². The molecule has 7 heavy (non-hydrogen) atoms. The van der Waals surface area contributed by atoms with Gasteiger partial charge in [0.2, 0.25) is 0 Å². The molecule has 0 saturated heterocycles. The zero-order chi connectivity index (χ0) is 5.15. The summed E-state index contributed by atoms with van der Waals surface area (Å²) in [6.45, 7) is 1.65. The summed E-state index contributed by atoms with van der Waals surface area (Å²) in [5.74, 6) is 0. The molecular formula is C3H7NOSZn. The smallest absolute Gasteiger partial charge is 0.0999 e. The number of hydrogen-bond acceptors (Lipinski definition) is 2. The Morgan fingerprint density at radius 3 is 1.86 bits per heavy atom. The molecule has 0 atom stereocenters. The van der Waals surface area contributed by atoms with Crippen LogP contribution in [0.3, 0.4) is 0 Å². The van der Waals surface area contributed by atoms with E-state index in [2.05, 4.69) is 12.2 Å². The fourth-order valence-electron chi connectivity index (χ4n) is 0. The molecule has 1 N–H and O–H groups in total. The molecule has 0 aromatic carbocycles. The third kappa shape index (κ3) is 6.47. The van der Waals surface area contributed by atoms with E-state index in [0.29, 0.717) is 4.99 Å². The summed E-state index contributed by atoms with van der Waals surface area (Å²) >= 11 is 4.50. The van der Waals surface area contributed by atoms with Crippen molar-refractivity contribution >= 4 is 17.2 Å². The van der Waals surface area contributed by atoms with Crippen LogP contribution in [0.5, 0.6) is 0 Å². The van der Waals surface area contributed by atoms with Crippen LogP contribution < -0.4 is 0 Å². The molecule has 0 rings (SSSR count). The van der Waals surface area contributed by atoms with Gasteiger partial charge in [0.05, 0.1) is 4.99 Å². The van der Waals surface area contributed by atoms with Crippen molar-refractivity contribution in [1.29, 1.82) is 0 Å². The second kappa shape index (κ2) is 4.63. The third-order valence-electron chi connectivity index (χ3n) is 0.456. The van der Waals surface area contributed by atoms with Crippen LogP contribution in [-0.4, -0.2) is 22.3 Å². The van der Waals surface area contributed by atoms with Crippen molar-refractivity contribution in [3.05, 3.63) is 0 Å². The quantitative estimate of drug-likeness (QED) is 0.328. The van der Waals surface area contributed by atoms with Gasteiger partial charge in [0, 0.05) is 26.5 Å². The molecule has 0 aliphatic carbocycles. The van der Waals surface area contributed by atoms with Gasteiger partial charge in [-0.2, -0.15) is 0 Å². The zero-order valence-electron chi connectivity index (χ0n) is 4.51. The Balaban J connectivity index is 0. The minimum atomic E-state index is 0. The Labute approximate surface area is 61.2 Å². The van der Waals surface area contributed by atoms with Crippen LogP contribution in [-0.2, 0) is 19.5 Å². The maximum absolute atomic E-state index is 8.32. The minimum Gasteiger partial charge on any atom is -0.288 e. The largest absolute Gasteiger partial charge is 0.288 e. The summed E-state index contributed by atoms with van der Waals surface area (Å²) in [6.07, 6.45) is 0.